The van der Waals surface area contributed by atoms with E-state index in [0.29, 0.717) is 22.9 Å². The summed E-state index contributed by atoms with van der Waals surface area (Å²) in [5.41, 5.74) is 4.31. The molecule has 0 saturated heterocycles. The van der Waals surface area contributed by atoms with Crippen LogP contribution in [0.4, 0.5) is 11.4 Å². The summed E-state index contributed by atoms with van der Waals surface area (Å²) in [7, 11) is 0. The molecule has 1 atom stereocenters. The van der Waals surface area contributed by atoms with E-state index in [1.807, 2.05) is 36.4 Å². The summed E-state index contributed by atoms with van der Waals surface area (Å²) >= 11 is 2.30. The molecule has 0 aromatic heterocycles. The van der Waals surface area contributed by atoms with Gasteiger partial charge in [0.05, 0.1) is 0 Å². The van der Waals surface area contributed by atoms with Crippen molar-refractivity contribution in [3.05, 3.63) is 78.4 Å². The molecule has 0 aliphatic heterocycles. The van der Waals surface area contributed by atoms with Crippen LogP contribution in [0.25, 0.3) is 5.57 Å². The fraction of sp³-hybridized carbons (Fsp3) is 0.217. The number of alkyl halides is 1. The van der Waals surface area contributed by atoms with E-state index in [2.05, 4.69) is 67.2 Å². The lowest BCUT2D eigenvalue weighted by atomic mass is 9.99. The van der Waals surface area contributed by atoms with Crippen molar-refractivity contribution in [3.8, 4) is 0 Å². The van der Waals surface area contributed by atoms with Crippen molar-refractivity contribution in [3.63, 3.8) is 0 Å². The number of benzene rings is 2. The summed E-state index contributed by atoms with van der Waals surface area (Å²) in [4.78, 5) is 24.6. The Balaban J connectivity index is 2.33. The molecule has 28 heavy (non-hydrogen) atoms. The number of amides is 2. The van der Waals surface area contributed by atoms with E-state index in [-0.39, 0.29) is 21.3 Å². The molecular weight excluding hydrogens is 463 g/mol. The molecule has 2 aromatic rings. The summed E-state index contributed by atoms with van der Waals surface area (Å²) in [6, 6.07) is 13.4. The molecule has 5 heteroatoms. The maximum atomic E-state index is 12.8. The van der Waals surface area contributed by atoms with Gasteiger partial charge >= 0.3 is 0 Å². The summed E-state index contributed by atoms with van der Waals surface area (Å²) in [6.07, 6.45) is 1.19. The lowest BCUT2D eigenvalue weighted by Crippen LogP contribution is -2.16. The second-order valence-corrected chi connectivity index (χ2v) is 8.70. The first-order valence-corrected chi connectivity index (χ1v) is 10.3. The Morgan fingerprint density at radius 1 is 1.04 bits per heavy atom. The molecule has 0 radical (unpaired) electrons. The zero-order valence-corrected chi connectivity index (χ0v) is 18.5. The zero-order chi connectivity index (χ0) is 20.8. The number of hydrogen-bond donors (Lipinski definition) is 2. The van der Waals surface area contributed by atoms with Gasteiger partial charge in [-0.25, -0.2) is 0 Å². The molecule has 2 N–H and O–H groups in total. The zero-order valence-electron chi connectivity index (χ0n) is 16.4. The van der Waals surface area contributed by atoms with E-state index in [1.165, 1.54) is 6.08 Å². The standard InChI is InChI=1S/C23H25IN2O2/c1-6-22(27)26-21-11-10-18(16(5)24)13-20(21)15(4)23(28)25-19-9-7-8-17(12-19)14(2)3/h6-14,16H,1,4H2,2-3,5H3,(H,25,28)(H,26,27). The Kier molecular flexibility index (Phi) is 7.57. The van der Waals surface area contributed by atoms with Crippen molar-refractivity contribution >= 4 is 51.4 Å². The van der Waals surface area contributed by atoms with Crippen LogP contribution in [-0.2, 0) is 9.59 Å². The van der Waals surface area contributed by atoms with Crippen LogP contribution in [-0.4, -0.2) is 11.8 Å². The SMILES string of the molecule is C=CC(=O)Nc1ccc(C(C)I)cc1C(=C)C(=O)Nc1cccc(C(C)C)c1. The molecule has 0 bridgehead atoms. The van der Waals surface area contributed by atoms with Gasteiger partial charge in [0.2, 0.25) is 5.91 Å². The minimum absolute atomic E-state index is 0.249. The highest BCUT2D eigenvalue weighted by atomic mass is 127. The molecule has 1 unspecified atom stereocenters. The summed E-state index contributed by atoms with van der Waals surface area (Å²) < 4.78 is 0.249. The van der Waals surface area contributed by atoms with Crippen LogP contribution >= 0.6 is 22.6 Å². The van der Waals surface area contributed by atoms with Gasteiger partial charge in [0, 0.05) is 26.4 Å². The van der Waals surface area contributed by atoms with Crippen molar-refractivity contribution in [2.45, 2.75) is 30.6 Å². The molecule has 0 fully saturated rings. The first kappa shape index (κ1) is 21.9. The molecule has 0 spiro atoms. The lowest BCUT2D eigenvalue weighted by Gasteiger charge is -2.16. The van der Waals surface area contributed by atoms with Crippen LogP contribution in [0.5, 0.6) is 0 Å². The van der Waals surface area contributed by atoms with Crippen molar-refractivity contribution < 1.29 is 9.59 Å². The summed E-state index contributed by atoms with van der Waals surface area (Å²) in [5.74, 6) is -0.287. The smallest absolute Gasteiger partial charge is 0.255 e. The maximum absolute atomic E-state index is 12.8. The highest BCUT2D eigenvalue weighted by Gasteiger charge is 2.17. The molecule has 2 rings (SSSR count). The van der Waals surface area contributed by atoms with Gasteiger partial charge in [-0.2, -0.15) is 0 Å². The first-order valence-electron chi connectivity index (χ1n) is 9.05. The van der Waals surface area contributed by atoms with Crippen molar-refractivity contribution in [1.82, 2.24) is 0 Å². The summed E-state index contributed by atoms with van der Waals surface area (Å²) in [6.45, 7) is 13.7. The van der Waals surface area contributed by atoms with E-state index >= 15 is 0 Å². The second kappa shape index (κ2) is 9.68. The number of rotatable bonds is 7. The normalized spacial score (nSPS) is 11.6. The predicted octanol–water partition coefficient (Wildman–Crippen LogP) is 6.08. The number of nitrogens with one attached hydrogen (secondary N) is 2. The molecule has 2 aromatic carbocycles. The van der Waals surface area contributed by atoms with Gasteiger partial charge in [-0.15, -0.1) is 0 Å². The second-order valence-electron chi connectivity index (χ2n) is 6.83. The Labute approximate surface area is 180 Å². The topological polar surface area (TPSA) is 58.2 Å². The molecule has 0 heterocycles. The third-order valence-corrected chi connectivity index (χ3v) is 5.08. The Morgan fingerprint density at radius 2 is 1.75 bits per heavy atom. The molecular formula is C23H25IN2O2. The van der Waals surface area contributed by atoms with E-state index in [1.54, 1.807) is 6.07 Å². The fourth-order valence-corrected chi connectivity index (χ4v) is 3.04. The number of carbonyl (C=O) groups is 2. The number of carbonyl (C=O) groups excluding carboxylic acids is 2. The van der Waals surface area contributed by atoms with Crippen LogP contribution in [0.15, 0.2) is 61.7 Å². The van der Waals surface area contributed by atoms with Gasteiger partial charge in [0.1, 0.15) is 0 Å². The van der Waals surface area contributed by atoms with E-state index in [0.717, 1.165) is 11.1 Å². The molecule has 0 aliphatic carbocycles. The van der Waals surface area contributed by atoms with E-state index in [9.17, 15) is 9.59 Å². The molecule has 4 nitrogen and oxygen atoms in total. The number of hydrogen-bond acceptors (Lipinski definition) is 2. The molecule has 146 valence electrons. The highest BCUT2D eigenvalue weighted by Crippen LogP contribution is 2.31. The van der Waals surface area contributed by atoms with Gasteiger partial charge in [-0.1, -0.05) is 67.8 Å². The number of anilines is 2. The van der Waals surface area contributed by atoms with Gasteiger partial charge in [-0.3, -0.25) is 9.59 Å². The largest absolute Gasteiger partial charge is 0.322 e. The quantitative estimate of drug-likeness (QED) is 0.282. The monoisotopic (exact) mass is 488 g/mol. The molecule has 2 amide bonds. The van der Waals surface area contributed by atoms with Gasteiger partial charge in [0.15, 0.2) is 0 Å². The van der Waals surface area contributed by atoms with Crippen molar-refractivity contribution in [1.29, 1.82) is 0 Å². The van der Waals surface area contributed by atoms with Crippen molar-refractivity contribution in [2.75, 3.05) is 10.6 Å². The van der Waals surface area contributed by atoms with Crippen LogP contribution < -0.4 is 10.6 Å². The van der Waals surface area contributed by atoms with Gasteiger partial charge in [-0.05, 0) is 54.3 Å². The van der Waals surface area contributed by atoms with E-state index < -0.39 is 0 Å². The predicted molar refractivity (Wildman–Crippen MR) is 126 cm³/mol. The fourth-order valence-electron chi connectivity index (χ4n) is 2.66. The summed E-state index contributed by atoms with van der Waals surface area (Å²) in [5, 5.41) is 5.66. The van der Waals surface area contributed by atoms with Crippen LogP contribution in [0.3, 0.4) is 0 Å². The lowest BCUT2D eigenvalue weighted by molar-refractivity contribution is -0.112. The minimum Gasteiger partial charge on any atom is -0.322 e. The van der Waals surface area contributed by atoms with Crippen LogP contribution in [0.2, 0.25) is 0 Å². The Bertz CT molecular complexity index is 917. The molecule has 0 saturated carbocycles. The first-order chi connectivity index (χ1) is 13.2. The van der Waals surface area contributed by atoms with E-state index in [4.69, 9.17) is 0 Å². The van der Waals surface area contributed by atoms with Crippen LogP contribution in [0, 0.1) is 0 Å². The maximum Gasteiger partial charge on any atom is 0.255 e. The minimum atomic E-state index is -0.339. The molecule has 0 aliphatic rings. The highest BCUT2D eigenvalue weighted by molar-refractivity contribution is 14.1. The van der Waals surface area contributed by atoms with Crippen molar-refractivity contribution in [2.24, 2.45) is 0 Å². The average molecular weight is 488 g/mol. The number of halogens is 1. The van der Waals surface area contributed by atoms with Gasteiger partial charge in [0.25, 0.3) is 5.91 Å². The Morgan fingerprint density at radius 3 is 2.36 bits per heavy atom. The average Bonchev–Trinajstić information content (AvgIpc) is 2.67. The van der Waals surface area contributed by atoms with Gasteiger partial charge < -0.3 is 10.6 Å². The van der Waals surface area contributed by atoms with Crippen LogP contribution in [0.1, 0.15) is 47.3 Å². The Hall–Kier alpha value is -2.41. The third kappa shape index (κ3) is 5.55. The third-order valence-electron chi connectivity index (χ3n) is 4.36.